The van der Waals surface area contributed by atoms with Crippen molar-refractivity contribution >= 4 is 5.97 Å². The van der Waals surface area contributed by atoms with Crippen LogP contribution in [-0.2, 0) is 4.79 Å². The molecule has 0 rings (SSSR count). The second kappa shape index (κ2) is 9.89. The summed E-state index contributed by atoms with van der Waals surface area (Å²) in [6.07, 6.45) is 3.92. The van der Waals surface area contributed by atoms with Crippen LogP contribution in [0.1, 0.15) is 39.5 Å². The lowest BCUT2D eigenvalue weighted by molar-refractivity contribution is -0.134. The number of unbranched alkanes of at least 4 members (excludes halogenated alkanes) is 2. The first-order chi connectivity index (χ1) is 6.91. The van der Waals surface area contributed by atoms with Crippen molar-refractivity contribution in [1.29, 1.82) is 0 Å². The van der Waals surface area contributed by atoms with Gasteiger partial charge in [-0.15, -0.1) is 0 Å². The second-order valence-electron chi connectivity index (χ2n) is 3.65. The van der Waals surface area contributed by atoms with E-state index in [9.17, 15) is 0 Å². The molecule has 0 aromatic heterocycles. The third-order valence-corrected chi connectivity index (χ3v) is 1.91. The molecule has 0 fully saturated rings. The predicted molar refractivity (Wildman–Crippen MR) is 58.5 cm³/mol. The lowest BCUT2D eigenvalue weighted by atomic mass is 9.95. The second-order valence-corrected chi connectivity index (χ2v) is 3.65. The summed E-state index contributed by atoms with van der Waals surface area (Å²) in [5.41, 5.74) is 4.88. The van der Waals surface area contributed by atoms with Gasteiger partial charge in [0.2, 0.25) is 0 Å². The summed E-state index contributed by atoms with van der Waals surface area (Å²) in [5, 5.41) is 25.0. The Labute approximate surface area is 90.9 Å². The lowest BCUT2D eigenvalue weighted by Gasteiger charge is -2.24. The van der Waals surface area contributed by atoms with Gasteiger partial charge in [0, 0.05) is 6.92 Å². The van der Waals surface area contributed by atoms with E-state index in [0.29, 0.717) is 6.42 Å². The van der Waals surface area contributed by atoms with Crippen LogP contribution in [0.15, 0.2) is 0 Å². The van der Waals surface area contributed by atoms with Crippen LogP contribution in [0.25, 0.3) is 0 Å². The average Bonchev–Trinajstić information content (AvgIpc) is 2.17. The lowest BCUT2D eigenvalue weighted by Crippen LogP contribution is -2.47. The molecule has 92 valence electrons. The molecule has 0 aliphatic heterocycles. The van der Waals surface area contributed by atoms with Gasteiger partial charge < -0.3 is 21.1 Å². The number of carboxylic acid groups (broad SMARTS) is 1. The molecule has 0 amide bonds. The highest BCUT2D eigenvalue weighted by Crippen LogP contribution is 2.10. The highest BCUT2D eigenvalue weighted by atomic mass is 16.4. The molecule has 5 N–H and O–H groups in total. The average molecular weight is 221 g/mol. The van der Waals surface area contributed by atoms with Crippen molar-refractivity contribution in [1.82, 2.24) is 0 Å². The molecule has 0 aromatic carbocycles. The van der Waals surface area contributed by atoms with Crippen molar-refractivity contribution in [3.05, 3.63) is 0 Å². The number of carboxylic acids is 1. The minimum absolute atomic E-state index is 0.132. The van der Waals surface area contributed by atoms with E-state index in [-0.39, 0.29) is 13.2 Å². The Morgan fingerprint density at radius 3 is 1.93 bits per heavy atom. The summed E-state index contributed by atoms with van der Waals surface area (Å²) in [6, 6.07) is 0. The standard InChI is InChI=1S/C8H19NO2.C2H4O2/c1-2-3-4-5-8(9,6-10)7-11;1-2(3)4/h10-11H,2-7,9H2,1H3;1H3,(H,3,4). The minimum Gasteiger partial charge on any atom is -0.481 e. The summed E-state index contributed by atoms with van der Waals surface area (Å²) in [6.45, 7) is 2.93. The number of hydrogen-bond donors (Lipinski definition) is 4. The van der Waals surface area contributed by atoms with Crippen LogP contribution in [0, 0.1) is 0 Å². The monoisotopic (exact) mass is 221 g/mol. The van der Waals surface area contributed by atoms with E-state index in [1.54, 1.807) is 0 Å². The van der Waals surface area contributed by atoms with Crippen molar-refractivity contribution in [2.24, 2.45) is 5.73 Å². The largest absolute Gasteiger partial charge is 0.481 e. The van der Waals surface area contributed by atoms with E-state index in [0.717, 1.165) is 26.2 Å². The molecule has 0 bridgehead atoms. The number of hydrogen-bond acceptors (Lipinski definition) is 4. The Balaban J connectivity index is 0. The molecular formula is C10H23NO4. The van der Waals surface area contributed by atoms with Crippen molar-refractivity contribution in [3.63, 3.8) is 0 Å². The molecule has 0 spiro atoms. The van der Waals surface area contributed by atoms with E-state index < -0.39 is 11.5 Å². The summed E-state index contributed by atoms with van der Waals surface area (Å²) in [4.78, 5) is 9.00. The summed E-state index contributed by atoms with van der Waals surface area (Å²) < 4.78 is 0. The highest BCUT2D eigenvalue weighted by molar-refractivity contribution is 5.62. The third-order valence-electron chi connectivity index (χ3n) is 1.91. The van der Waals surface area contributed by atoms with Crippen LogP contribution >= 0.6 is 0 Å². The summed E-state index contributed by atoms with van der Waals surface area (Å²) in [5.74, 6) is -0.833. The van der Waals surface area contributed by atoms with Gasteiger partial charge >= 0.3 is 0 Å². The normalized spacial score (nSPS) is 10.5. The molecule has 0 heterocycles. The quantitative estimate of drug-likeness (QED) is 0.484. The first kappa shape index (κ1) is 16.8. The number of aliphatic carboxylic acids is 1. The Hall–Kier alpha value is -0.650. The first-order valence-electron chi connectivity index (χ1n) is 5.12. The van der Waals surface area contributed by atoms with E-state index in [1.807, 2.05) is 0 Å². The van der Waals surface area contributed by atoms with Crippen molar-refractivity contribution in [3.8, 4) is 0 Å². The van der Waals surface area contributed by atoms with Crippen LogP contribution < -0.4 is 5.73 Å². The maximum absolute atomic E-state index is 9.00. The minimum atomic E-state index is -0.833. The maximum Gasteiger partial charge on any atom is 0.300 e. The van der Waals surface area contributed by atoms with E-state index in [4.69, 9.17) is 25.8 Å². The van der Waals surface area contributed by atoms with Crippen molar-refractivity contribution in [2.75, 3.05) is 13.2 Å². The van der Waals surface area contributed by atoms with Gasteiger partial charge in [0.05, 0.1) is 18.8 Å². The van der Waals surface area contributed by atoms with Crippen LogP contribution in [0.3, 0.4) is 0 Å². The Bertz CT molecular complexity index is 154. The molecule has 0 aliphatic rings. The van der Waals surface area contributed by atoms with Gasteiger partial charge in [-0.1, -0.05) is 26.2 Å². The topological polar surface area (TPSA) is 104 Å². The van der Waals surface area contributed by atoms with Gasteiger partial charge in [-0.2, -0.15) is 0 Å². The summed E-state index contributed by atoms with van der Waals surface area (Å²) in [7, 11) is 0. The zero-order valence-corrected chi connectivity index (χ0v) is 9.57. The molecule has 0 radical (unpaired) electrons. The molecule has 5 nitrogen and oxygen atoms in total. The number of carbonyl (C=O) groups is 1. The molecule has 0 saturated heterocycles. The van der Waals surface area contributed by atoms with Gasteiger partial charge in [-0.25, -0.2) is 0 Å². The first-order valence-corrected chi connectivity index (χ1v) is 5.12. The molecule has 0 aromatic rings. The number of aliphatic hydroxyl groups is 2. The number of rotatable bonds is 6. The molecule has 0 aliphatic carbocycles. The van der Waals surface area contributed by atoms with Gasteiger partial charge in [0.25, 0.3) is 5.97 Å². The number of nitrogens with two attached hydrogens (primary N) is 1. The molecule has 0 atom stereocenters. The predicted octanol–water partition coefficient (Wildman–Crippen LogP) is 0.340. The van der Waals surface area contributed by atoms with Crippen LogP contribution in [0.4, 0.5) is 0 Å². The zero-order chi connectivity index (χ0) is 12.3. The van der Waals surface area contributed by atoms with Crippen molar-refractivity contribution in [2.45, 2.75) is 45.1 Å². The third kappa shape index (κ3) is 13.3. The maximum atomic E-state index is 9.00. The SMILES string of the molecule is CC(=O)O.CCCCCC(N)(CO)CO. The van der Waals surface area contributed by atoms with Crippen LogP contribution in [0.2, 0.25) is 0 Å². The summed E-state index contributed by atoms with van der Waals surface area (Å²) >= 11 is 0. The van der Waals surface area contributed by atoms with Gasteiger partial charge in [0.1, 0.15) is 0 Å². The van der Waals surface area contributed by atoms with Gasteiger partial charge in [-0.3, -0.25) is 4.79 Å². The smallest absolute Gasteiger partial charge is 0.300 e. The van der Waals surface area contributed by atoms with Crippen LogP contribution in [-0.4, -0.2) is 40.0 Å². The van der Waals surface area contributed by atoms with E-state index >= 15 is 0 Å². The highest BCUT2D eigenvalue weighted by Gasteiger charge is 2.21. The van der Waals surface area contributed by atoms with Gasteiger partial charge in [-0.05, 0) is 6.42 Å². The Morgan fingerprint density at radius 2 is 1.67 bits per heavy atom. The van der Waals surface area contributed by atoms with Crippen LogP contribution in [0.5, 0.6) is 0 Å². The Kier molecular flexibility index (Phi) is 11.1. The molecular weight excluding hydrogens is 198 g/mol. The molecule has 0 unspecified atom stereocenters. The van der Waals surface area contributed by atoms with Crippen molar-refractivity contribution < 1.29 is 20.1 Å². The van der Waals surface area contributed by atoms with E-state index in [2.05, 4.69) is 6.92 Å². The Morgan fingerprint density at radius 1 is 1.27 bits per heavy atom. The molecule has 5 heteroatoms. The molecule has 0 saturated carbocycles. The fraction of sp³-hybridized carbons (Fsp3) is 0.900. The molecule has 15 heavy (non-hydrogen) atoms. The fourth-order valence-corrected chi connectivity index (χ4v) is 0.935. The van der Waals surface area contributed by atoms with Gasteiger partial charge in [0.15, 0.2) is 0 Å². The number of aliphatic hydroxyl groups excluding tert-OH is 2. The fourth-order valence-electron chi connectivity index (χ4n) is 0.935. The van der Waals surface area contributed by atoms with E-state index in [1.165, 1.54) is 0 Å². The zero-order valence-electron chi connectivity index (χ0n) is 9.57.